The molecule has 2 heteroatoms. The van der Waals surface area contributed by atoms with Crippen molar-refractivity contribution in [3.63, 3.8) is 0 Å². The van der Waals surface area contributed by atoms with Gasteiger partial charge in [0.25, 0.3) is 0 Å². The quantitative estimate of drug-likeness (QED) is 0.301. The molecule has 1 fully saturated rings. The highest BCUT2D eigenvalue weighted by molar-refractivity contribution is 4.90. The second kappa shape index (κ2) is 20.4. The van der Waals surface area contributed by atoms with Gasteiger partial charge < -0.3 is 10.2 Å². The van der Waals surface area contributed by atoms with E-state index < -0.39 is 0 Å². The average molecular weight is 383 g/mol. The minimum absolute atomic E-state index is 0.828. The number of piperidine rings is 1. The van der Waals surface area contributed by atoms with Crippen LogP contribution in [0.15, 0.2) is 12.2 Å². The molecule has 1 rings (SSSR count). The molecule has 0 amide bonds. The van der Waals surface area contributed by atoms with Crippen molar-refractivity contribution in [2.45, 2.75) is 100 Å². The number of hydrogen-bond donors (Lipinski definition) is 1. The van der Waals surface area contributed by atoms with Crippen LogP contribution in [-0.4, -0.2) is 37.6 Å². The number of hydrogen-bond acceptors (Lipinski definition) is 2. The van der Waals surface area contributed by atoms with Crippen LogP contribution in [0.25, 0.3) is 0 Å². The molecule has 1 unspecified atom stereocenters. The van der Waals surface area contributed by atoms with Crippen molar-refractivity contribution >= 4 is 0 Å². The number of unbranched alkanes of at least 4 members (excludes halogenated alkanes) is 1. The Balaban J connectivity index is 0. The van der Waals surface area contributed by atoms with Gasteiger partial charge in [-0.2, -0.15) is 0 Å². The van der Waals surface area contributed by atoms with E-state index in [4.69, 9.17) is 0 Å². The van der Waals surface area contributed by atoms with Gasteiger partial charge in [0.1, 0.15) is 0 Å². The third-order valence-corrected chi connectivity index (χ3v) is 5.24. The molecular weight excluding hydrogens is 328 g/mol. The molecule has 1 N–H and O–H groups in total. The summed E-state index contributed by atoms with van der Waals surface area (Å²) >= 11 is 0. The molecular formula is C25H54N2. The first-order chi connectivity index (χ1) is 12.9. The van der Waals surface area contributed by atoms with Crippen molar-refractivity contribution in [2.24, 2.45) is 17.8 Å². The maximum absolute atomic E-state index is 3.79. The summed E-state index contributed by atoms with van der Waals surface area (Å²) in [6.45, 7) is 27.5. The van der Waals surface area contributed by atoms with E-state index in [0.717, 1.165) is 30.8 Å². The van der Waals surface area contributed by atoms with Gasteiger partial charge in [-0.05, 0) is 63.6 Å². The van der Waals surface area contributed by atoms with Crippen molar-refractivity contribution in [3.05, 3.63) is 12.2 Å². The van der Waals surface area contributed by atoms with Crippen LogP contribution in [-0.2, 0) is 0 Å². The maximum Gasteiger partial charge on any atom is 0.0159 e. The van der Waals surface area contributed by atoms with Gasteiger partial charge in [0.05, 0.1) is 0 Å². The van der Waals surface area contributed by atoms with Gasteiger partial charge >= 0.3 is 0 Å². The summed E-state index contributed by atoms with van der Waals surface area (Å²) < 4.78 is 0. The predicted octanol–water partition coefficient (Wildman–Crippen LogP) is 7.16. The summed E-state index contributed by atoms with van der Waals surface area (Å²) in [5.74, 6) is 2.86. The summed E-state index contributed by atoms with van der Waals surface area (Å²) in [6, 6.07) is 0. The van der Waals surface area contributed by atoms with E-state index in [1.165, 1.54) is 70.2 Å². The lowest BCUT2D eigenvalue weighted by Crippen LogP contribution is -2.38. The first kappa shape index (κ1) is 28.9. The number of nitrogens with zero attached hydrogens (tertiary/aromatic N) is 1. The first-order valence-electron chi connectivity index (χ1n) is 12.0. The average Bonchev–Trinajstić information content (AvgIpc) is 2.66. The lowest BCUT2D eigenvalue weighted by molar-refractivity contribution is 0.129. The molecule has 1 atom stereocenters. The summed E-state index contributed by atoms with van der Waals surface area (Å²) in [5, 5.41) is 3.29. The highest BCUT2D eigenvalue weighted by Crippen LogP contribution is 2.30. The zero-order valence-corrected chi connectivity index (χ0v) is 20.4. The molecule has 0 aliphatic carbocycles. The Morgan fingerprint density at radius 1 is 1.07 bits per heavy atom. The van der Waals surface area contributed by atoms with E-state index in [2.05, 4.69) is 51.4 Å². The number of rotatable bonds is 11. The molecule has 164 valence electrons. The summed E-state index contributed by atoms with van der Waals surface area (Å²) in [7, 11) is 0. The highest BCUT2D eigenvalue weighted by Gasteiger charge is 2.24. The van der Waals surface area contributed by atoms with Crippen LogP contribution in [0.1, 0.15) is 100 Å². The molecule has 0 radical (unpaired) electrons. The first-order valence-corrected chi connectivity index (χ1v) is 12.0. The lowest BCUT2D eigenvalue weighted by atomic mass is 9.80. The highest BCUT2D eigenvalue weighted by atomic mass is 15.1. The van der Waals surface area contributed by atoms with Gasteiger partial charge in [0.15, 0.2) is 0 Å². The molecule has 2 nitrogen and oxygen atoms in total. The molecule has 1 aliphatic rings. The van der Waals surface area contributed by atoms with Crippen LogP contribution in [0.2, 0.25) is 0 Å². The Morgan fingerprint density at radius 3 is 2.07 bits per heavy atom. The van der Waals surface area contributed by atoms with Crippen molar-refractivity contribution in [2.75, 3.05) is 32.7 Å². The van der Waals surface area contributed by atoms with Crippen molar-refractivity contribution in [1.82, 2.24) is 10.2 Å². The molecule has 27 heavy (non-hydrogen) atoms. The Labute approximate surface area is 173 Å². The molecule has 1 saturated heterocycles. The minimum Gasteiger partial charge on any atom is -0.313 e. The molecule has 0 bridgehead atoms. The molecule has 1 heterocycles. The molecule has 0 aromatic heterocycles. The Bertz CT molecular complexity index is 303. The van der Waals surface area contributed by atoms with Crippen LogP contribution in [0, 0.1) is 17.8 Å². The van der Waals surface area contributed by atoms with Crippen LogP contribution < -0.4 is 5.32 Å². The van der Waals surface area contributed by atoms with Gasteiger partial charge in [0, 0.05) is 13.1 Å². The normalized spacial score (nSPS) is 16.2. The van der Waals surface area contributed by atoms with Crippen LogP contribution >= 0.6 is 0 Å². The summed E-state index contributed by atoms with van der Waals surface area (Å²) in [5.41, 5.74) is 1.21. The smallest absolute Gasteiger partial charge is 0.0159 e. The topological polar surface area (TPSA) is 15.3 Å². The maximum atomic E-state index is 3.79. The van der Waals surface area contributed by atoms with E-state index >= 15 is 0 Å². The van der Waals surface area contributed by atoms with E-state index in [0.29, 0.717) is 0 Å². The fraction of sp³-hybridized carbons (Fsp3) is 0.920. The molecule has 0 saturated carbocycles. The zero-order valence-electron chi connectivity index (χ0n) is 20.4. The van der Waals surface area contributed by atoms with Crippen LogP contribution in [0.4, 0.5) is 0 Å². The fourth-order valence-corrected chi connectivity index (χ4v) is 3.87. The predicted molar refractivity (Wildman–Crippen MR) is 127 cm³/mol. The van der Waals surface area contributed by atoms with Crippen LogP contribution in [0.5, 0.6) is 0 Å². The Hall–Kier alpha value is -0.340. The van der Waals surface area contributed by atoms with E-state index in [1.807, 2.05) is 20.8 Å². The van der Waals surface area contributed by atoms with E-state index in [9.17, 15) is 0 Å². The van der Waals surface area contributed by atoms with Gasteiger partial charge in [0.2, 0.25) is 0 Å². The second-order valence-electron chi connectivity index (χ2n) is 8.48. The van der Waals surface area contributed by atoms with Gasteiger partial charge in [-0.1, -0.05) is 86.3 Å². The molecule has 0 aromatic rings. The lowest BCUT2D eigenvalue weighted by Gasteiger charge is -2.36. The van der Waals surface area contributed by atoms with Crippen molar-refractivity contribution in [3.8, 4) is 0 Å². The Kier molecular flexibility index (Phi) is 21.8. The standard InChI is InChI=1S/C15H31N.C8H17N.C2H6/c1-5-7-14(6-2)15-8-10-16(11-9-15)12-13(3)4;1-4-5-6-9-7-8(2)3;1-2/h13-15H,5-12H2,1-4H3;9H,2,4-7H2,1,3H3;1-2H3. The molecule has 1 aliphatic heterocycles. The minimum atomic E-state index is 0.828. The molecule has 0 aromatic carbocycles. The third kappa shape index (κ3) is 17.5. The number of likely N-dealkylation sites (tertiary alicyclic amines) is 1. The van der Waals surface area contributed by atoms with E-state index in [-0.39, 0.29) is 0 Å². The third-order valence-electron chi connectivity index (χ3n) is 5.24. The SMILES string of the molecule is C=C(C)CNCCCC.CC.CCCC(CC)C1CCN(CC(C)C)CC1. The fourth-order valence-electron chi connectivity index (χ4n) is 3.87. The van der Waals surface area contributed by atoms with Gasteiger partial charge in [-0.3, -0.25) is 0 Å². The molecule has 0 spiro atoms. The Morgan fingerprint density at radius 2 is 1.67 bits per heavy atom. The zero-order chi connectivity index (χ0) is 21.1. The largest absolute Gasteiger partial charge is 0.313 e. The van der Waals surface area contributed by atoms with Gasteiger partial charge in [-0.25, -0.2) is 0 Å². The van der Waals surface area contributed by atoms with Crippen molar-refractivity contribution < 1.29 is 0 Å². The number of nitrogens with one attached hydrogen (secondary N) is 1. The van der Waals surface area contributed by atoms with Gasteiger partial charge in [-0.15, -0.1) is 0 Å². The second-order valence-corrected chi connectivity index (χ2v) is 8.48. The van der Waals surface area contributed by atoms with Crippen LogP contribution in [0.3, 0.4) is 0 Å². The monoisotopic (exact) mass is 382 g/mol. The summed E-state index contributed by atoms with van der Waals surface area (Å²) in [6.07, 6.45) is 9.64. The summed E-state index contributed by atoms with van der Waals surface area (Å²) in [4.78, 5) is 2.67. The van der Waals surface area contributed by atoms with Crippen molar-refractivity contribution in [1.29, 1.82) is 0 Å². The van der Waals surface area contributed by atoms with E-state index in [1.54, 1.807) is 0 Å².